The predicted octanol–water partition coefficient (Wildman–Crippen LogP) is 1.24. The van der Waals surface area contributed by atoms with Crippen molar-refractivity contribution in [3.63, 3.8) is 0 Å². The summed E-state index contributed by atoms with van der Waals surface area (Å²) in [4.78, 5) is 13.2. The fourth-order valence-corrected chi connectivity index (χ4v) is 2.00. The van der Waals surface area contributed by atoms with Gasteiger partial charge in [0.1, 0.15) is 0 Å². The Morgan fingerprint density at radius 2 is 2.29 bits per heavy atom. The minimum Gasteiger partial charge on any atom is -0.339 e. The topological polar surface area (TPSA) is 32.3 Å². The van der Waals surface area contributed by atoms with Crippen LogP contribution in [0.5, 0.6) is 0 Å². The Balaban J connectivity index is 2.26. The predicted molar refractivity (Wildman–Crippen MR) is 58.1 cm³/mol. The molecule has 1 aliphatic heterocycles. The van der Waals surface area contributed by atoms with Crippen molar-refractivity contribution in [2.75, 3.05) is 19.6 Å². The van der Waals surface area contributed by atoms with Crippen molar-refractivity contribution in [2.45, 2.75) is 39.7 Å². The van der Waals surface area contributed by atoms with Crippen LogP contribution in [-0.4, -0.2) is 36.5 Å². The second kappa shape index (κ2) is 5.35. The van der Waals surface area contributed by atoms with Gasteiger partial charge >= 0.3 is 0 Å². The minimum atomic E-state index is 0.221. The lowest BCUT2D eigenvalue weighted by molar-refractivity contribution is -0.129. The number of nitrogens with zero attached hydrogens (tertiary/aromatic N) is 1. The molecule has 1 N–H and O–H groups in total. The maximum absolute atomic E-state index is 11.3. The summed E-state index contributed by atoms with van der Waals surface area (Å²) in [6.07, 6.45) is 2.32. The van der Waals surface area contributed by atoms with Crippen LogP contribution >= 0.6 is 0 Å². The zero-order valence-corrected chi connectivity index (χ0v) is 9.55. The average molecular weight is 198 g/mol. The molecule has 0 aromatic carbocycles. The molecule has 1 saturated heterocycles. The highest BCUT2D eigenvalue weighted by molar-refractivity contribution is 5.73. The Kier molecular flexibility index (Phi) is 4.39. The highest BCUT2D eigenvalue weighted by Crippen LogP contribution is 2.16. The van der Waals surface area contributed by atoms with Crippen LogP contribution in [0.3, 0.4) is 0 Å². The fraction of sp³-hybridized carbons (Fsp3) is 0.909. The molecule has 3 nitrogen and oxygen atoms in total. The maximum Gasteiger partial charge on any atom is 0.219 e. The molecular weight excluding hydrogens is 176 g/mol. The van der Waals surface area contributed by atoms with Crippen LogP contribution in [0.1, 0.15) is 33.6 Å². The van der Waals surface area contributed by atoms with Crippen LogP contribution in [0.15, 0.2) is 0 Å². The highest BCUT2D eigenvalue weighted by Gasteiger charge is 2.25. The number of hydrogen-bond acceptors (Lipinski definition) is 2. The van der Waals surface area contributed by atoms with Crippen LogP contribution in [0.25, 0.3) is 0 Å². The molecule has 1 amide bonds. The smallest absolute Gasteiger partial charge is 0.219 e. The second-order valence-electron chi connectivity index (χ2n) is 4.56. The Labute approximate surface area is 86.9 Å². The molecule has 0 spiro atoms. The SMILES string of the molecule is CC(=O)N1CCCC1CNCC(C)C. The van der Waals surface area contributed by atoms with Gasteiger partial charge in [-0.05, 0) is 25.3 Å². The molecule has 14 heavy (non-hydrogen) atoms. The number of nitrogens with one attached hydrogen (secondary N) is 1. The number of amides is 1. The molecule has 1 aliphatic rings. The van der Waals surface area contributed by atoms with E-state index in [4.69, 9.17) is 0 Å². The van der Waals surface area contributed by atoms with Crippen molar-refractivity contribution < 1.29 is 4.79 Å². The third kappa shape index (κ3) is 3.29. The fourth-order valence-electron chi connectivity index (χ4n) is 2.00. The van der Waals surface area contributed by atoms with Crippen molar-refractivity contribution in [3.8, 4) is 0 Å². The molecule has 0 radical (unpaired) electrons. The monoisotopic (exact) mass is 198 g/mol. The van der Waals surface area contributed by atoms with Crippen LogP contribution in [0.4, 0.5) is 0 Å². The van der Waals surface area contributed by atoms with Crippen LogP contribution in [0, 0.1) is 5.92 Å². The molecule has 0 saturated carbocycles. The van der Waals surface area contributed by atoms with Crippen LogP contribution < -0.4 is 5.32 Å². The normalized spacial score (nSPS) is 22.0. The van der Waals surface area contributed by atoms with Crippen molar-refractivity contribution in [3.05, 3.63) is 0 Å². The molecule has 1 unspecified atom stereocenters. The van der Waals surface area contributed by atoms with Gasteiger partial charge in [0.15, 0.2) is 0 Å². The molecule has 82 valence electrons. The largest absolute Gasteiger partial charge is 0.339 e. The summed E-state index contributed by atoms with van der Waals surface area (Å²) in [5.41, 5.74) is 0. The van der Waals surface area contributed by atoms with Crippen molar-refractivity contribution >= 4 is 5.91 Å². The number of hydrogen-bond donors (Lipinski definition) is 1. The van der Waals surface area contributed by atoms with Gasteiger partial charge in [-0.1, -0.05) is 13.8 Å². The minimum absolute atomic E-state index is 0.221. The van der Waals surface area contributed by atoms with Crippen molar-refractivity contribution in [1.82, 2.24) is 10.2 Å². The summed E-state index contributed by atoms with van der Waals surface area (Å²) in [6.45, 7) is 9.01. The summed E-state index contributed by atoms with van der Waals surface area (Å²) in [6, 6.07) is 0.436. The van der Waals surface area contributed by atoms with E-state index in [2.05, 4.69) is 19.2 Å². The summed E-state index contributed by atoms with van der Waals surface area (Å²) in [5, 5.41) is 3.42. The third-order valence-electron chi connectivity index (χ3n) is 2.71. The van der Waals surface area contributed by atoms with Crippen molar-refractivity contribution in [2.24, 2.45) is 5.92 Å². The molecule has 0 bridgehead atoms. The summed E-state index contributed by atoms with van der Waals surface area (Å²) in [7, 11) is 0. The van der Waals surface area contributed by atoms with Gasteiger partial charge in [-0.2, -0.15) is 0 Å². The first kappa shape index (κ1) is 11.5. The quantitative estimate of drug-likeness (QED) is 0.737. The van der Waals surface area contributed by atoms with Gasteiger partial charge in [-0.15, -0.1) is 0 Å². The molecule has 1 atom stereocenters. The zero-order chi connectivity index (χ0) is 10.6. The molecule has 1 fully saturated rings. The van der Waals surface area contributed by atoms with Gasteiger partial charge in [0.2, 0.25) is 5.91 Å². The van der Waals surface area contributed by atoms with Crippen molar-refractivity contribution in [1.29, 1.82) is 0 Å². The Morgan fingerprint density at radius 1 is 1.57 bits per heavy atom. The van der Waals surface area contributed by atoms with Gasteiger partial charge in [-0.3, -0.25) is 4.79 Å². The van der Waals surface area contributed by atoms with Crippen LogP contribution in [0.2, 0.25) is 0 Å². The molecule has 0 aromatic rings. The molecule has 1 rings (SSSR count). The maximum atomic E-state index is 11.3. The third-order valence-corrected chi connectivity index (χ3v) is 2.71. The van der Waals surface area contributed by atoms with E-state index in [0.717, 1.165) is 32.5 Å². The van der Waals surface area contributed by atoms with E-state index in [0.29, 0.717) is 12.0 Å². The number of carbonyl (C=O) groups is 1. The summed E-state index contributed by atoms with van der Waals surface area (Å²) in [5.74, 6) is 0.904. The first-order valence-electron chi connectivity index (χ1n) is 5.59. The Hall–Kier alpha value is -0.570. The molecule has 0 aliphatic carbocycles. The lowest BCUT2D eigenvalue weighted by Gasteiger charge is -2.23. The average Bonchev–Trinajstić information content (AvgIpc) is 2.51. The van der Waals surface area contributed by atoms with E-state index in [9.17, 15) is 4.79 Å². The van der Waals surface area contributed by atoms with Crippen LogP contribution in [-0.2, 0) is 4.79 Å². The second-order valence-corrected chi connectivity index (χ2v) is 4.56. The van der Waals surface area contributed by atoms with E-state index in [-0.39, 0.29) is 5.91 Å². The first-order valence-corrected chi connectivity index (χ1v) is 5.59. The summed E-state index contributed by atoms with van der Waals surface area (Å²) < 4.78 is 0. The molecule has 3 heteroatoms. The molecule has 0 aromatic heterocycles. The van der Waals surface area contributed by atoms with E-state index in [1.807, 2.05) is 4.90 Å². The lowest BCUT2D eigenvalue weighted by atomic mass is 10.2. The Bertz CT molecular complexity index is 192. The molecule has 1 heterocycles. The van der Waals surface area contributed by atoms with Gasteiger partial charge in [0, 0.05) is 26.1 Å². The van der Waals surface area contributed by atoms with E-state index < -0.39 is 0 Å². The van der Waals surface area contributed by atoms with E-state index in [1.54, 1.807) is 6.92 Å². The lowest BCUT2D eigenvalue weighted by Crippen LogP contribution is -2.41. The highest BCUT2D eigenvalue weighted by atomic mass is 16.2. The van der Waals surface area contributed by atoms with E-state index in [1.165, 1.54) is 0 Å². The van der Waals surface area contributed by atoms with Gasteiger partial charge in [-0.25, -0.2) is 0 Å². The standard InChI is InChI=1S/C11H22N2O/c1-9(2)7-12-8-11-5-4-6-13(11)10(3)14/h9,11-12H,4-8H2,1-3H3. The molecular formula is C11H22N2O. The Morgan fingerprint density at radius 3 is 2.86 bits per heavy atom. The summed E-state index contributed by atoms with van der Waals surface area (Å²) >= 11 is 0. The zero-order valence-electron chi connectivity index (χ0n) is 9.55. The van der Waals surface area contributed by atoms with E-state index >= 15 is 0 Å². The van der Waals surface area contributed by atoms with Gasteiger partial charge < -0.3 is 10.2 Å². The number of carbonyl (C=O) groups excluding carboxylic acids is 1. The number of likely N-dealkylation sites (tertiary alicyclic amines) is 1. The van der Waals surface area contributed by atoms with Gasteiger partial charge in [0.05, 0.1) is 0 Å². The van der Waals surface area contributed by atoms with Gasteiger partial charge in [0.25, 0.3) is 0 Å². The first-order chi connectivity index (χ1) is 6.61. The number of rotatable bonds is 4.